The Morgan fingerprint density at radius 2 is 1.41 bits per heavy atom. The number of rotatable bonds is 4. The van der Waals surface area contributed by atoms with Gasteiger partial charge in [-0.3, -0.25) is 24.1 Å². The molecule has 2 atom stereocenters. The molecule has 6 rings (SSSR count). The third kappa shape index (κ3) is 3.80. The fraction of sp³-hybridized carbons (Fsp3) is 0.241. The van der Waals surface area contributed by atoms with Gasteiger partial charge in [-0.05, 0) is 54.8 Å². The second kappa shape index (κ2) is 8.96. The fourth-order valence-electron chi connectivity index (χ4n) is 5.78. The Hall–Kier alpha value is -4.33. The first-order chi connectivity index (χ1) is 17.9. The highest BCUT2D eigenvalue weighted by Crippen LogP contribution is 2.43. The molecule has 0 N–H and O–H groups in total. The van der Waals surface area contributed by atoms with Crippen LogP contribution in [-0.4, -0.2) is 41.1 Å². The topological polar surface area (TPSA) is 78.0 Å². The van der Waals surface area contributed by atoms with E-state index < -0.39 is 30.2 Å². The third-order valence-electron chi connectivity index (χ3n) is 7.52. The van der Waals surface area contributed by atoms with Crippen LogP contribution in [0.4, 0.5) is 15.8 Å². The maximum Gasteiger partial charge on any atom is 0.262 e. The molecule has 1 aliphatic carbocycles. The number of fused-ring (bicyclic) bond motifs is 3. The Labute approximate surface area is 213 Å². The molecule has 4 amide bonds. The summed E-state index contributed by atoms with van der Waals surface area (Å²) in [4.78, 5) is 57.9. The molecule has 7 nitrogen and oxygen atoms in total. The molecular weight excluding hydrogens is 473 g/mol. The van der Waals surface area contributed by atoms with Crippen LogP contribution in [0.3, 0.4) is 0 Å². The molecule has 186 valence electrons. The molecule has 3 aromatic rings. The van der Waals surface area contributed by atoms with Crippen LogP contribution in [0.5, 0.6) is 0 Å². The van der Waals surface area contributed by atoms with Crippen molar-refractivity contribution in [1.29, 1.82) is 0 Å². The zero-order valence-corrected chi connectivity index (χ0v) is 20.0. The van der Waals surface area contributed by atoms with Gasteiger partial charge in [0.1, 0.15) is 12.4 Å². The van der Waals surface area contributed by atoms with E-state index in [1.807, 2.05) is 0 Å². The van der Waals surface area contributed by atoms with Gasteiger partial charge < -0.3 is 9.80 Å². The average molecular weight is 498 g/mol. The van der Waals surface area contributed by atoms with Crippen molar-refractivity contribution in [2.75, 3.05) is 16.3 Å². The van der Waals surface area contributed by atoms with Crippen LogP contribution in [0.15, 0.2) is 72.8 Å². The fourth-order valence-corrected chi connectivity index (χ4v) is 5.78. The van der Waals surface area contributed by atoms with Crippen molar-refractivity contribution in [2.24, 2.45) is 5.92 Å². The van der Waals surface area contributed by atoms with Crippen LogP contribution >= 0.6 is 0 Å². The van der Waals surface area contributed by atoms with Crippen molar-refractivity contribution in [3.63, 3.8) is 0 Å². The molecule has 2 heterocycles. The predicted molar refractivity (Wildman–Crippen MR) is 134 cm³/mol. The van der Waals surface area contributed by atoms with Gasteiger partial charge in [0.25, 0.3) is 11.8 Å². The molecular formula is C29H24FN3O4. The Morgan fingerprint density at radius 3 is 2.08 bits per heavy atom. The number of anilines is 2. The van der Waals surface area contributed by atoms with Crippen molar-refractivity contribution < 1.29 is 23.6 Å². The van der Waals surface area contributed by atoms with Crippen LogP contribution in [0, 0.1) is 11.7 Å². The zero-order chi connectivity index (χ0) is 25.7. The van der Waals surface area contributed by atoms with Gasteiger partial charge in [-0.25, -0.2) is 4.39 Å². The van der Waals surface area contributed by atoms with Gasteiger partial charge in [0.05, 0.1) is 35.0 Å². The van der Waals surface area contributed by atoms with Gasteiger partial charge in [-0.15, -0.1) is 0 Å². The highest BCUT2D eigenvalue weighted by molar-refractivity contribution is 6.23. The Bertz CT molecular complexity index is 1400. The molecule has 1 saturated carbocycles. The van der Waals surface area contributed by atoms with E-state index in [2.05, 4.69) is 0 Å². The number of carbonyl (C=O) groups is 4. The number of nitrogens with zero attached hydrogens (tertiary/aromatic N) is 3. The van der Waals surface area contributed by atoms with E-state index >= 15 is 0 Å². The Morgan fingerprint density at radius 1 is 0.784 bits per heavy atom. The molecule has 0 bridgehead atoms. The maximum absolute atomic E-state index is 13.9. The number of para-hydroxylation sites is 2. The largest absolute Gasteiger partial charge is 0.306 e. The lowest BCUT2D eigenvalue weighted by atomic mass is 10.0. The predicted octanol–water partition coefficient (Wildman–Crippen LogP) is 4.17. The molecule has 1 unspecified atom stereocenters. The molecule has 0 saturated heterocycles. The van der Waals surface area contributed by atoms with E-state index in [-0.39, 0.29) is 35.4 Å². The number of carbonyl (C=O) groups excluding carboxylic acids is 4. The van der Waals surface area contributed by atoms with Crippen LogP contribution < -0.4 is 9.80 Å². The standard InChI is InChI=1S/C29H24FN3O4/c30-19-14-12-18(13-15-19)16-31-24-9-3-4-10-25(24)33(23-11-5-8-22(23)29(31)37)26(34)17-32-27(35)20-6-1-2-7-21(20)28(32)36/h1-4,6-7,9-10,12-15,22-23H,5,8,11,16-17H2/t22?,23-/m1/s1. The molecule has 1 fully saturated rings. The number of amides is 4. The van der Waals surface area contributed by atoms with Crippen LogP contribution in [0.25, 0.3) is 0 Å². The number of benzene rings is 3. The number of imide groups is 1. The van der Waals surface area contributed by atoms with E-state index in [0.29, 0.717) is 24.2 Å². The average Bonchev–Trinajstić information content (AvgIpc) is 3.46. The molecule has 3 aromatic carbocycles. The first-order valence-electron chi connectivity index (χ1n) is 12.4. The lowest BCUT2D eigenvalue weighted by Gasteiger charge is -2.31. The van der Waals surface area contributed by atoms with E-state index in [9.17, 15) is 23.6 Å². The van der Waals surface area contributed by atoms with Crippen LogP contribution in [0.1, 0.15) is 45.5 Å². The quantitative estimate of drug-likeness (QED) is 0.507. The highest BCUT2D eigenvalue weighted by Gasteiger charge is 2.46. The summed E-state index contributed by atoms with van der Waals surface area (Å²) in [7, 11) is 0. The molecule has 0 spiro atoms. The minimum absolute atomic E-state index is 0.0877. The number of hydrogen-bond donors (Lipinski definition) is 0. The second-order valence-electron chi connectivity index (χ2n) is 9.65. The number of halogens is 1. The lowest BCUT2D eigenvalue weighted by Crippen LogP contribution is -2.49. The van der Waals surface area contributed by atoms with E-state index in [0.717, 1.165) is 16.9 Å². The SMILES string of the molecule is O=C1c2ccccc2C(=O)N1CC(=O)N1c2ccccc2N(Cc2ccc(F)cc2)C(=O)C2CCC[C@H]21. The van der Waals surface area contributed by atoms with Gasteiger partial charge in [0.15, 0.2) is 0 Å². The van der Waals surface area contributed by atoms with E-state index in [1.54, 1.807) is 70.5 Å². The molecule has 3 aliphatic rings. The van der Waals surface area contributed by atoms with E-state index in [1.165, 1.54) is 12.1 Å². The summed E-state index contributed by atoms with van der Waals surface area (Å²) in [5.74, 6) is -2.25. The monoisotopic (exact) mass is 497 g/mol. The molecule has 0 aromatic heterocycles. The van der Waals surface area contributed by atoms with Crippen molar-refractivity contribution in [3.05, 3.63) is 95.3 Å². The summed E-state index contributed by atoms with van der Waals surface area (Å²) in [5, 5.41) is 0. The van der Waals surface area contributed by atoms with E-state index in [4.69, 9.17) is 0 Å². The smallest absolute Gasteiger partial charge is 0.262 e. The summed E-state index contributed by atoms with van der Waals surface area (Å²) in [6.45, 7) is -0.171. The molecule has 37 heavy (non-hydrogen) atoms. The van der Waals surface area contributed by atoms with Crippen molar-refractivity contribution in [3.8, 4) is 0 Å². The van der Waals surface area contributed by atoms with Crippen molar-refractivity contribution >= 4 is 35.0 Å². The minimum Gasteiger partial charge on any atom is -0.306 e. The third-order valence-corrected chi connectivity index (χ3v) is 7.52. The van der Waals surface area contributed by atoms with Crippen molar-refractivity contribution in [2.45, 2.75) is 31.8 Å². The maximum atomic E-state index is 13.9. The molecule has 0 radical (unpaired) electrons. The normalized spacial score (nSPS) is 20.6. The molecule has 8 heteroatoms. The van der Waals surface area contributed by atoms with Gasteiger partial charge in [0, 0.05) is 6.04 Å². The van der Waals surface area contributed by atoms with Gasteiger partial charge in [-0.1, -0.05) is 42.8 Å². The van der Waals surface area contributed by atoms with Gasteiger partial charge >= 0.3 is 0 Å². The van der Waals surface area contributed by atoms with Crippen LogP contribution in [0.2, 0.25) is 0 Å². The summed E-state index contributed by atoms with van der Waals surface area (Å²) >= 11 is 0. The minimum atomic E-state index is -0.492. The Balaban J connectivity index is 1.37. The summed E-state index contributed by atoms with van der Waals surface area (Å²) < 4.78 is 13.5. The summed E-state index contributed by atoms with van der Waals surface area (Å²) in [6.07, 6.45) is 2.06. The number of hydrogen-bond acceptors (Lipinski definition) is 4. The summed E-state index contributed by atoms with van der Waals surface area (Å²) in [6, 6.07) is 19.4. The molecule has 2 aliphatic heterocycles. The van der Waals surface area contributed by atoms with Crippen molar-refractivity contribution in [1.82, 2.24) is 4.90 Å². The lowest BCUT2D eigenvalue weighted by molar-refractivity contribution is -0.123. The second-order valence-corrected chi connectivity index (χ2v) is 9.65. The van der Waals surface area contributed by atoms with Crippen LogP contribution in [-0.2, 0) is 16.1 Å². The first kappa shape index (κ1) is 23.1. The van der Waals surface area contributed by atoms with Gasteiger partial charge in [-0.2, -0.15) is 0 Å². The summed E-state index contributed by atoms with van der Waals surface area (Å²) in [5.41, 5.74) is 2.48. The highest BCUT2D eigenvalue weighted by atomic mass is 19.1. The Kier molecular flexibility index (Phi) is 5.59. The zero-order valence-electron chi connectivity index (χ0n) is 20.0. The van der Waals surface area contributed by atoms with Gasteiger partial charge in [0.2, 0.25) is 11.8 Å². The first-order valence-corrected chi connectivity index (χ1v) is 12.4.